The van der Waals surface area contributed by atoms with Gasteiger partial charge in [-0.15, -0.1) is 8.78 Å². The molecule has 1 aliphatic carbocycles. The zero-order valence-corrected chi connectivity index (χ0v) is 19.8. The van der Waals surface area contributed by atoms with Crippen LogP contribution in [0.1, 0.15) is 70.4 Å². The Morgan fingerprint density at radius 3 is 2.68 bits per heavy atom. The minimum atomic E-state index is -4.19. The third-order valence-electron chi connectivity index (χ3n) is 6.73. The fourth-order valence-corrected chi connectivity index (χ4v) is 4.39. The maximum absolute atomic E-state index is 15.8. The van der Waals surface area contributed by atoms with Crippen molar-refractivity contribution in [2.24, 2.45) is 0 Å². The van der Waals surface area contributed by atoms with Gasteiger partial charge in [-0.3, -0.25) is 4.79 Å². The number of ether oxygens (including phenoxy) is 2. The SMILES string of the molecule is [2H]c1c([2H])c(C2(C(=O)Cc3cc4cc(C(C)(C([2H])([2H])[2H])C([2H])([2H])C)n(C([2H])([2H])[C@@H](O)CO)c4cc3F)CC2)c([2H])c2c1OC(F)(F)O2. The highest BCUT2D eigenvalue weighted by atomic mass is 19.3. The van der Waals surface area contributed by atoms with Gasteiger partial charge in [0.1, 0.15) is 11.6 Å². The highest BCUT2D eigenvalue weighted by molar-refractivity contribution is 5.95. The van der Waals surface area contributed by atoms with Crippen LogP contribution in [0.2, 0.25) is 0 Å². The summed E-state index contributed by atoms with van der Waals surface area (Å²) >= 11 is 0. The van der Waals surface area contributed by atoms with Crippen molar-refractivity contribution >= 4 is 16.7 Å². The summed E-state index contributed by atoms with van der Waals surface area (Å²) in [5.74, 6) is -3.44. The van der Waals surface area contributed by atoms with E-state index in [1.165, 1.54) is 0 Å². The number of benzene rings is 2. The molecule has 1 unspecified atom stereocenters. The van der Waals surface area contributed by atoms with Gasteiger partial charge in [0.05, 0.1) is 37.0 Å². The van der Waals surface area contributed by atoms with Crippen LogP contribution in [0.3, 0.4) is 0 Å². The second-order valence-corrected chi connectivity index (χ2v) is 9.33. The van der Waals surface area contributed by atoms with Gasteiger partial charge >= 0.3 is 6.29 Å². The number of ketones is 1. The first-order chi connectivity index (χ1) is 21.4. The van der Waals surface area contributed by atoms with Crippen molar-refractivity contribution in [3.8, 4) is 11.5 Å². The summed E-state index contributed by atoms with van der Waals surface area (Å²) in [4.78, 5) is 13.7. The molecule has 9 heteroatoms. The third kappa shape index (κ3) is 4.48. The normalized spacial score (nSPS) is 24.6. The maximum Gasteiger partial charge on any atom is 0.586 e. The van der Waals surface area contributed by atoms with Crippen LogP contribution in [0.5, 0.6) is 11.5 Å². The predicted octanol–water partition coefficient (Wildman–Crippen LogP) is 4.99. The Balaban J connectivity index is 1.65. The summed E-state index contributed by atoms with van der Waals surface area (Å²) < 4.78 is 136. The van der Waals surface area contributed by atoms with Crippen molar-refractivity contribution < 1.29 is 51.4 Å². The summed E-state index contributed by atoms with van der Waals surface area (Å²) in [5.41, 5.74) is -5.51. The number of rotatable bonds is 9. The van der Waals surface area contributed by atoms with Gasteiger partial charge in [0.2, 0.25) is 0 Å². The van der Waals surface area contributed by atoms with Gasteiger partial charge in [0.15, 0.2) is 11.5 Å². The Labute approximate surface area is 226 Å². The first kappa shape index (κ1) is 16.0. The van der Waals surface area contributed by atoms with E-state index in [2.05, 4.69) is 9.47 Å². The molecule has 0 spiro atoms. The number of alkyl halides is 2. The monoisotopic (exact) mass is 527 g/mol. The number of aliphatic hydroxyl groups excluding tert-OH is 2. The van der Waals surface area contributed by atoms with Crippen LogP contribution in [0, 0.1) is 5.82 Å². The molecule has 198 valence electrons. The molecule has 1 aromatic heterocycles. The second kappa shape index (κ2) is 8.77. The van der Waals surface area contributed by atoms with Gasteiger partial charge in [0, 0.05) is 29.8 Å². The lowest BCUT2D eigenvalue weighted by Gasteiger charge is -2.26. The average Bonchev–Trinajstić information content (AvgIpc) is 3.55. The van der Waals surface area contributed by atoms with Gasteiger partial charge in [0.25, 0.3) is 0 Å². The van der Waals surface area contributed by atoms with Crippen LogP contribution in [0.25, 0.3) is 10.9 Å². The number of halogens is 3. The van der Waals surface area contributed by atoms with E-state index in [-0.39, 0.29) is 34.9 Å². The molecule has 6 nitrogen and oxygen atoms in total. The Kier molecular flexibility index (Phi) is 3.80. The molecule has 0 amide bonds. The minimum Gasteiger partial charge on any atom is -0.395 e. The zero-order valence-electron chi connectivity index (χ0n) is 29.8. The van der Waals surface area contributed by atoms with Crippen molar-refractivity contribution in [3.63, 3.8) is 0 Å². The topological polar surface area (TPSA) is 80.9 Å². The zero-order chi connectivity index (χ0) is 35.4. The molecule has 37 heavy (non-hydrogen) atoms. The number of hydrogen-bond acceptors (Lipinski definition) is 5. The minimum absolute atomic E-state index is 0.0381. The van der Waals surface area contributed by atoms with E-state index in [9.17, 15) is 23.8 Å². The highest BCUT2D eigenvalue weighted by Crippen LogP contribution is 2.52. The molecule has 1 fully saturated rings. The second-order valence-electron chi connectivity index (χ2n) is 9.33. The van der Waals surface area contributed by atoms with E-state index >= 15 is 4.39 Å². The first-order valence-corrected chi connectivity index (χ1v) is 11.4. The van der Waals surface area contributed by atoms with Crippen molar-refractivity contribution in [2.75, 3.05) is 6.61 Å². The fourth-order valence-electron chi connectivity index (χ4n) is 4.39. The number of nitrogens with zero attached hydrogens (tertiary/aromatic N) is 1. The molecule has 2 N–H and O–H groups in total. The lowest BCUT2D eigenvalue weighted by molar-refractivity contribution is -0.286. The summed E-state index contributed by atoms with van der Waals surface area (Å²) in [6, 6.07) is 0.732. The number of carbonyl (C=O) groups excluding carboxylic acids is 1. The maximum atomic E-state index is 15.8. The largest absolute Gasteiger partial charge is 0.586 e. The Hall–Kier alpha value is -3.04. The number of carbonyl (C=O) groups is 1. The smallest absolute Gasteiger partial charge is 0.395 e. The summed E-state index contributed by atoms with van der Waals surface area (Å²) in [5, 5.41) is 19.9. The van der Waals surface area contributed by atoms with Crippen molar-refractivity contribution in [1.29, 1.82) is 0 Å². The van der Waals surface area contributed by atoms with Crippen molar-refractivity contribution in [2.45, 2.75) is 76.1 Å². The van der Waals surface area contributed by atoms with Crippen LogP contribution < -0.4 is 9.47 Å². The Morgan fingerprint density at radius 2 is 2.03 bits per heavy atom. The molecule has 2 aromatic carbocycles. The lowest BCUT2D eigenvalue weighted by Crippen LogP contribution is -2.26. The molecular formula is C28H30F3NO5. The van der Waals surface area contributed by atoms with Gasteiger partial charge in [-0.05, 0) is 60.6 Å². The van der Waals surface area contributed by atoms with Crippen LogP contribution in [0.15, 0.2) is 36.3 Å². The van der Waals surface area contributed by atoms with E-state index in [0.717, 1.165) is 32.0 Å². The summed E-state index contributed by atoms with van der Waals surface area (Å²) in [7, 11) is 0. The van der Waals surface area contributed by atoms with E-state index < -0.39 is 103 Å². The standard InChI is InChI=1S/C28H30F3NO5/c1-4-26(2,3)24-10-17-9-16(20(29)13-21(17)32(24)14-19(34)15-33)11-25(35)27(7-8-27)18-5-6-22-23(12-18)37-28(30,31)36-22/h5-6,9-10,12-13,19,33-34H,4,7-8,11,14-15H2,1-3H3/t19-/m1/s1/i2D3,4D2,5D,6D,12D,14D2/t19-,26?. The van der Waals surface area contributed by atoms with Gasteiger partial charge in [-0.1, -0.05) is 26.7 Å². The Morgan fingerprint density at radius 1 is 1.30 bits per heavy atom. The van der Waals surface area contributed by atoms with E-state index in [1.807, 2.05) is 0 Å². The molecule has 1 saturated carbocycles. The molecule has 3 aromatic rings. The Bertz CT molecular complexity index is 1790. The number of aliphatic hydroxyl groups is 2. The number of aromatic nitrogens is 1. The molecule has 2 atom stereocenters. The van der Waals surface area contributed by atoms with Crippen LogP contribution >= 0.6 is 0 Å². The number of fused-ring (bicyclic) bond motifs is 2. The molecule has 2 aliphatic rings. The predicted molar refractivity (Wildman–Crippen MR) is 131 cm³/mol. The average molecular weight is 528 g/mol. The summed E-state index contributed by atoms with van der Waals surface area (Å²) in [6.07, 6.45) is -9.48. The van der Waals surface area contributed by atoms with E-state index in [0.29, 0.717) is 4.57 Å². The van der Waals surface area contributed by atoms with Crippen LogP contribution in [0.4, 0.5) is 13.2 Å². The number of hydrogen-bond donors (Lipinski definition) is 2. The first-order valence-electron chi connectivity index (χ1n) is 16.4. The van der Waals surface area contributed by atoms with E-state index in [4.69, 9.17) is 13.7 Å². The van der Waals surface area contributed by atoms with Gasteiger partial charge < -0.3 is 24.3 Å². The molecular weight excluding hydrogens is 487 g/mol. The molecule has 0 saturated heterocycles. The fraction of sp³-hybridized carbons (Fsp3) is 0.464. The molecule has 1 aliphatic heterocycles. The summed E-state index contributed by atoms with van der Waals surface area (Å²) in [6.45, 7) is -5.21. The third-order valence-corrected chi connectivity index (χ3v) is 6.73. The van der Waals surface area contributed by atoms with Gasteiger partial charge in [-0.2, -0.15) is 0 Å². The molecule has 2 heterocycles. The quantitative estimate of drug-likeness (QED) is 0.410. The van der Waals surface area contributed by atoms with Crippen molar-refractivity contribution in [3.05, 3.63) is 59.0 Å². The molecule has 0 bridgehead atoms. The number of Topliss-reactive ketones (excluding diaryl/α,β-unsaturated/α-hetero) is 1. The van der Waals surface area contributed by atoms with E-state index in [1.54, 1.807) is 0 Å². The molecule has 5 rings (SSSR count). The highest BCUT2D eigenvalue weighted by Gasteiger charge is 2.52. The molecule has 0 radical (unpaired) electrons. The van der Waals surface area contributed by atoms with Gasteiger partial charge in [-0.25, -0.2) is 4.39 Å². The van der Waals surface area contributed by atoms with Crippen LogP contribution in [-0.4, -0.2) is 39.6 Å². The van der Waals surface area contributed by atoms with Crippen LogP contribution in [-0.2, 0) is 28.5 Å². The lowest BCUT2D eigenvalue weighted by atomic mass is 9.86. The van der Waals surface area contributed by atoms with Crippen molar-refractivity contribution in [1.82, 2.24) is 4.57 Å².